The standard InChI is InChI=1S/C11H8ClN3/c12-11-14-7-9(6-13)10(15-11)8-4-2-1-3-5-8/h1-5,7,11,14H. The van der Waals surface area contributed by atoms with Gasteiger partial charge >= 0.3 is 0 Å². The SMILES string of the molecule is N#CC1=CNC(Cl)N=C1c1ccccc1. The molecule has 15 heavy (non-hydrogen) atoms. The van der Waals surface area contributed by atoms with Gasteiger partial charge in [0.25, 0.3) is 0 Å². The normalized spacial score (nSPS) is 19.6. The van der Waals surface area contributed by atoms with Crippen molar-refractivity contribution in [3.05, 3.63) is 47.7 Å². The summed E-state index contributed by atoms with van der Waals surface area (Å²) < 4.78 is 0. The summed E-state index contributed by atoms with van der Waals surface area (Å²) in [7, 11) is 0. The molecule has 4 heteroatoms. The average Bonchev–Trinajstić information content (AvgIpc) is 2.30. The van der Waals surface area contributed by atoms with E-state index in [2.05, 4.69) is 16.4 Å². The Morgan fingerprint density at radius 2 is 2.07 bits per heavy atom. The summed E-state index contributed by atoms with van der Waals surface area (Å²) in [6.07, 6.45) is 1.59. The highest BCUT2D eigenvalue weighted by molar-refractivity contribution is 6.23. The Hall–Kier alpha value is -1.79. The number of nitriles is 1. The maximum atomic E-state index is 8.93. The van der Waals surface area contributed by atoms with Crippen LogP contribution in [-0.4, -0.2) is 11.3 Å². The van der Waals surface area contributed by atoms with Gasteiger partial charge in [-0.3, -0.25) is 0 Å². The highest BCUT2D eigenvalue weighted by atomic mass is 35.5. The summed E-state index contributed by atoms with van der Waals surface area (Å²) in [5.41, 5.74) is 1.53. The molecule has 1 aromatic rings. The Morgan fingerprint density at radius 1 is 1.33 bits per heavy atom. The largest absolute Gasteiger partial charge is 0.356 e. The molecule has 0 aromatic heterocycles. The molecule has 0 radical (unpaired) electrons. The van der Waals surface area contributed by atoms with Gasteiger partial charge in [-0.1, -0.05) is 41.9 Å². The molecule has 3 nitrogen and oxygen atoms in total. The van der Waals surface area contributed by atoms with Crippen molar-refractivity contribution in [2.45, 2.75) is 5.62 Å². The summed E-state index contributed by atoms with van der Waals surface area (Å²) in [5, 5.41) is 11.7. The Morgan fingerprint density at radius 3 is 2.73 bits per heavy atom. The quantitative estimate of drug-likeness (QED) is 0.578. The second kappa shape index (κ2) is 4.16. The van der Waals surface area contributed by atoms with Gasteiger partial charge in [0, 0.05) is 11.8 Å². The molecule has 1 atom stereocenters. The second-order valence-corrected chi connectivity index (χ2v) is 3.43. The van der Waals surface area contributed by atoms with E-state index in [1.165, 1.54) is 0 Å². The van der Waals surface area contributed by atoms with Crippen molar-refractivity contribution < 1.29 is 0 Å². The van der Waals surface area contributed by atoms with Gasteiger partial charge in [-0.15, -0.1) is 0 Å². The molecule has 1 aliphatic rings. The Bertz CT molecular complexity index is 456. The molecule has 0 bridgehead atoms. The number of rotatable bonds is 1. The Labute approximate surface area is 92.7 Å². The van der Waals surface area contributed by atoms with Gasteiger partial charge in [0.15, 0.2) is 5.62 Å². The third-order valence-corrected chi connectivity index (χ3v) is 2.25. The number of hydrogen-bond donors (Lipinski definition) is 1. The molecule has 2 rings (SSSR count). The lowest BCUT2D eigenvalue weighted by Gasteiger charge is -2.15. The molecule has 0 saturated heterocycles. The van der Waals surface area contributed by atoms with Crippen LogP contribution in [0.25, 0.3) is 0 Å². The zero-order valence-corrected chi connectivity index (χ0v) is 8.57. The van der Waals surface area contributed by atoms with E-state index < -0.39 is 5.62 Å². The number of benzene rings is 1. The molecule has 1 aliphatic heterocycles. The summed E-state index contributed by atoms with van der Waals surface area (Å²) in [5.74, 6) is 0. The van der Waals surface area contributed by atoms with Gasteiger partial charge in [0.05, 0.1) is 11.3 Å². The van der Waals surface area contributed by atoms with Gasteiger partial charge in [-0.2, -0.15) is 5.26 Å². The molecule has 74 valence electrons. The predicted octanol–water partition coefficient (Wildman–Crippen LogP) is 2.01. The molecular weight excluding hydrogens is 210 g/mol. The van der Waals surface area contributed by atoms with Gasteiger partial charge in [-0.25, -0.2) is 4.99 Å². The van der Waals surface area contributed by atoms with Crippen molar-refractivity contribution in [1.82, 2.24) is 5.32 Å². The monoisotopic (exact) mass is 217 g/mol. The molecular formula is C11H8ClN3. The number of hydrogen-bond acceptors (Lipinski definition) is 3. The maximum absolute atomic E-state index is 8.93. The first kappa shape index (κ1) is 9.75. The third kappa shape index (κ3) is 2.00. The van der Waals surface area contributed by atoms with Crippen LogP contribution in [0.5, 0.6) is 0 Å². The fourth-order valence-electron chi connectivity index (χ4n) is 1.35. The minimum atomic E-state index is -0.502. The zero-order chi connectivity index (χ0) is 10.7. The van der Waals surface area contributed by atoms with Gasteiger partial charge in [0.1, 0.15) is 6.07 Å². The van der Waals surface area contributed by atoms with Gasteiger partial charge in [0.2, 0.25) is 0 Å². The lowest BCUT2D eigenvalue weighted by molar-refractivity contribution is 0.796. The van der Waals surface area contributed by atoms with Crippen LogP contribution in [0.2, 0.25) is 0 Å². The van der Waals surface area contributed by atoms with Crippen molar-refractivity contribution in [2.24, 2.45) is 4.99 Å². The van der Waals surface area contributed by atoms with Crippen molar-refractivity contribution in [1.29, 1.82) is 5.26 Å². The van der Waals surface area contributed by atoms with E-state index in [1.54, 1.807) is 6.20 Å². The topological polar surface area (TPSA) is 48.2 Å². The highest BCUT2D eigenvalue weighted by Gasteiger charge is 2.15. The van der Waals surface area contributed by atoms with Crippen molar-refractivity contribution in [3.8, 4) is 6.07 Å². The third-order valence-electron chi connectivity index (χ3n) is 2.03. The molecule has 1 unspecified atom stereocenters. The van der Waals surface area contributed by atoms with Crippen LogP contribution < -0.4 is 5.32 Å². The fraction of sp³-hybridized carbons (Fsp3) is 0.0909. The average molecular weight is 218 g/mol. The van der Waals surface area contributed by atoms with Crippen molar-refractivity contribution in [3.63, 3.8) is 0 Å². The van der Waals surface area contributed by atoms with E-state index in [0.29, 0.717) is 11.3 Å². The van der Waals surface area contributed by atoms with Crippen LogP contribution in [0.15, 0.2) is 47.1 Å². The van der Waals surface area contributed by atoms with Crippen molar-refractivity contribution in [2.75, 3.05) is 0 Å². The van der Waals surface area contributed by atoms with Crippen LogP contribution in [0.3, 0.4) is 0 Å². The summed E-state index contributed by atoms with van der Waals surface area (Å²) in [6.45, 7) is 0. The molecule has 0 saturated carbocycles. The van der Waals surface area contributed by atoms with E-state index in [1.807, 2.05) is 30.3 Å². The van der Waals surface area contributed by atoms with E-state index in [4.69, 9.17) is 16.9 Å². The maximum Gasteiger partial charge on any atom is 0.195 e. The van der Waals surface area contributed by atoms with Gasteiger partial charge < -0.3 is 5.32 Å². The summed E-state index contributed by atoms with van der Waals surface area (Å²) >= 11 is 5.83. The number of allylic oxidation sites excluding steroid dienone is 1. The first-order chi connectivity index (χ1) is 7.31. The number of halogens is 1. The van der Waals surface area contributed by atoms with Crippen LogP contribution in [0, 0.1) is 11.3 Å². The highest BCUT2D eigenvalue weighted by Crippen LogP contribution is 2.14. The molecule has 0 spiro atoms. The molecule has 0 aliphatic carbocycles. The summed E-state index contributed by atoms with van der Waals surface area (Å²) in [4.78, 5) is 4.18. The number of alkyl halides is 1. The van der Waals surface area contributed by atoms with Gasteiger partial charge in [-0.05, 0) is 0 Å². The number of nitrogens with one attached hydrogen (secondary N) is 1. The lowest BCUT2D eigenvalue weighted by atomic mass is 10.0. The molecule has 0 fully saturated rings. The minimum Gasteiger partial charge on any atom is -0.356 e. The van der Waals surface area contributed by atoms with E-state index in [0.717, 1.165) is 5.56 Å². The van der Waals surface area contributed by atoms with E-state index in [9.17, 15) is 0 Å². The zero-order valence-electron chi connectivity index (χ0n) is 7.81. The molecule has 1 aromatic carbocycles. The Kier molecular flexibility index (Phi) is 2.70. The summed E-state index contributed by atoms with van der Waals surface area (Å²) in [6, 6.07) is 11.6. The van der Waals surface area contributed by atoms with Crippen LogP contribution >= 0.6 is 11.6 Å². The predicted molar refractivity (Wildman–Crippen MR) is 59.5 cm³/mol. The van der Waals surface area contributed by atoms with E-state index in [-0.39, 0.29) is 0 Å². The lowest BCUT2D eigenvalue weighted by Crippen LogP contribution is -2.25. The van der Waals surface area contributed by atoms with Crippen molar-refractivity contribution >= 4 is 17.3 Å². The van der Waals surface area contributed by atoms with Crippen LogP contribution in [0.4, 0.5) is 0 Å². The van der Waals surface area contributed by atoms with Crippen LogP contribution in [0.1, 0.15) is 5.56 Å². The molecule has 1 heterocycles. The van der Waals surface area contributed by atoms with Crippen LogP contribution in [-0.2, 0) is 0 Å². The Balaban J connectivity index is 2.43. The first-order valence-corrected chi connectivity index (χ1v) is 4.89. The smallest absolute Gasteiger partial charge is 0.195 e. The molecule has 1 N–H and O–H groups in total. The minimum absolute atomic E-state index is 0.498. The fourth-order valence-corrected chi connectivity index (χ4v) is 1.51. The van der Waals surface area contributed by atoms with E-state index >= 15 is 0 Å². The first-order valence-electron chi connectivity index (χ1n) is 4.45. The number of aliphatic imine (C=N–C) groups is 1. The number of nitrogens with zero attached hydrogens (tertiary/aromatic N) is 2. The second-order valence-electron chi connectivity index (χ2n) is 3.02. The molecule has 0 amide bonds.